The lowest BCUT2D eigenvalue weighted by atomic mass is 10.0. The van der Waals surface area contributed by atoms with Gasteiger partial charge in [0.2, 0.25) is 5.91 Å². The number of nitrogens with one attached hydrogen (secondary N) is 2. The van der Waals surface area contributed by atoms with Gasteiger partial charge in [-0.3, -0.25) is 10.1 Å². The SMILES string of the molecule is O=C(C1Cc2nc[nH]c2CN1)N(CCO)C1CC1. The molecule has 1 atom stereocenters. The Kier molecular flexibility index (Phi) is 3.05. The molecule has 1 amide bonds. The van der Waals surface area contributed by atoms with Gasteiger partial charge in [0.25, 0.3) is 0 Å². The predicted molar refractivity (Wildman–Crippen MR) is 64.7 cm³/mol. The monoisotopic (exact) mass is 250 g/mol. The molecule has 1 saturated carbocycles. The number of carbonyl (C=O) groups is 1. The van der Waals surface area contributed by atoms with Crippen molar-refractivity contribution in [2.75, 3.05) is 13.2 Å². The van der Waals surface area contributed by atoms with Gasteiger partial charge >= 0.3 is 0 Å². The van der Waals surface area contributed by atoms with Gasteiger partial charge in [-0.2, -0.15) is 0 Å². The molecule has 1 aromatic rings. The van der Waals surface area contributed by atoms with Gasteiger partial charge < -0.3 is 15.0 Å². The summed E-state index contributed by atoms with van der Waals surface area (Å²) in [6, 6.07) is 0.139. The molecule has 18 heavy (non-hydrogen) atoms. The molecule has 1 aromatic heterocycles. The number of imidazole rings is 1. The topological polar surface area (TPSA) is 81.2 Å². The van der Waals surface area contributed by atoms with Crippen LogP contribution < -0.4 is 5.32 Å². The van der Waals surface area contributed by atoms with Gasteiger partial charge in [-0.15, -0.1) is 0 Å². The molecule has 2 heterocycles. The lowest BCUT2D eigenvalue weighted by molar-refractivity contribution is -0.134. The molecule has 0 aromatic carbocycles. The Labute approximate surface area is 105 Å². The van der Waals surface area contributed by atoms with E-state index in [-0.39, 0.29) is 18.6 Å². The highest BCUT2D eigenvalue weighted by molar-refractivity contribution is 5.83. The molecule has 98 valence electrons. The van der Waals surface area contributed by atoms with Gasteiger partial charge in [0.05, 0.1) is 30.4 Å². The van der Waals surface area contributed by atoms with Crippen molar-refractivity contribution in [1.29, 1.82) is 0 Å². The van der Waals surface area contributed by atoms with Crippen molar-refractivity contribution < 1.29 is 9.90 Å². The second-order valence-electron chi connectivity index (χ2n) is 4.95. The van der Waals surface area contributed by atoms with Crippen LogP contribution in [0.1, 0.15) is 24.2 Å². The fourth-order valence-corrected chi connectivity index (χ4v) is 2.51. The summed E-state index contributed by atoms with van der Waals surface area (Å²) < 4.78 is 0. The first-order valence-electron chi connectivity index (χ1n) is 6.45. The number of rotatable bonds is 4. The molecule has 0 bridgehead atoms. The summed E-state index contributed by atoms with van der Waals surface area (Å²) in [5.74, 6) is 0.0974. The number of amides is 1. The van der Waals surface area contributed by atoms with Gasteiger partial charge in [0.1, 0.15) is 0 Å². The van der Waals surface area contributed by atoms with Crippen molar-refractivity contribution in [3.8, 4) is 0 Å². The zero-order chi connectivity index (χ0) is 12.5. The number of hydrogen-bond donors (Lipinski definition) is 3. The van der Waals surface area contributed by atoms with E-state index in [1.54, 1.807) is 6.33 Å². The first-order valence-corrected chi connectivity index (χ1v) is 6.45. The number of nitrogens with zero attached hydrogens (tertiary/aromatic N) is 2. The summed E-state index contributed by atoms with van der Waals surface area (Å²) in [6.45, 7) is 1.13. The fraction of sp³-hybridized carbons (Fsp3) is 0.667. The van der Waals surface area contributed by atoms with Crippen LogP contribution in [0.15, 0.2) is 6.33 Å². The van der Waals surface area contributed by atoms with Crippen LogP contribution in [0, 0.1) is 0 Å². The lowest BCUT2D eigenvalue weighted by Crippen LogP contribution is -2.51. The Morgan fingerprint density at radius 3 is 3.11 bits per heavy atom. The first-order chi connectivity index (χ1) is 8.79. The molecule has 0 radical (unpaired) electrons. The molecule has 6 nitrogen and oxygen atoms in total. The highest BCUT2D eigenvalue weighted by Gasteiger charge is 2.36. The minimum absolute atomic E-state index is 0.0304. The van der Waals surface area contributed by atoms with E-state index in [1.165, 1.54) is 0 Å². The Bertz CT molecular complexity index is 441. The number of H-pyrrole nitrogens is 1. The smallest absolute Gasteiger partial charge is 0.240 e. The molecule has 1 unspecified atom stereocenters. The second-order valence-corrected chi connectivity index (χ2v) is 4.95. The van der Waals surface area contributed by atoms with Gasteiger partial charge in [0.15, 0.2) is 0 Å². The Morgan fingerprint density at radius 2 is 2.39 bits per heavy atom. The van der Waals surface area contributed by atoms with Crippen molar-refractivity contribution in [3.05, 3.63) is 17.7 Å². The molecule has 3 N–H and O–H groups in total. The Balaban J connectivity index is 1.69. The number of aromatic amines is 1. The average Bonchev–Trinajstić information content (AvgIpc) is 3.12. The summed E-state index contributed by atoms with van der Waals surface area (Å²) in [6.07, 6.45) is 4.43. The molecule has 1 aliphatic heterocycles. The third-order valence-corrected chi connectivity index (χ3v) is 3.64. The number of fused-ring (bicyclic) bond motifs is 1. The third-order valence-electron chi connectivity index (χ3n) is 3.64. The van der Waals surface area contributed by atoms with Crippen LogP contribution in [0.2, 0.25) is 0 Å². The van der Waals surface area contributed by atoms with Crippen molar-refractivity contribution >= 4 is 5.91 Å². The summed E-state index contributed by atoms with van der Waals surface area (Å²) in [4.78, 5) is 21.5. The molecule has 3 rings (SSSR count). The number of aliphatic hydroxyl groups is 1. The van der Waals surface area contributed by atoms with E-state index in [0.29, 0.717) is 25.6 Å². The Morgan fingerprint density at radius 1 is 1.56 bits per heavy atom. The summed E-state index contributed by atoms with van der Waals surface area (Å²) in [5.41, 5.74) is 2.05. The van der Waals surface area contributed by atoms with Crippen LogP contribution >= 0.6 is 0 Å². The zero-order valence-electron chi connectivity index (χ0n) is 10.2. The summed E-state index contributed by atoms with van der Waals surface area (Å²) in [5, 5.41) is 12.3. The molecular weight excluding hydrogens is 232 g/mol. The minimum atomic E-state index is -0.201. The van der Waals surface area contributed by atoms with Crippen LogP contribution in [-0.2, 0) is 17.8 Å². The van der Waals surface area contributed by atoms with E-state index < -0.39 is 0 Å². The van der Waals surface area contributed by atoms with E-state index in [1.807, 2.05) is 4.90 Å². The maximum atomic E-state index is 12.4. The molecule has 1 fully saturated rings. The first kappa shape index (κ1) is 11.7. The van der Waals surface area contributed by atoms with Crippen molar-refractivity contribution in [2.45, 2.75) is 37.9 Å². The van der Waals surface area contributed by atoms with Crippen molar-refractivity contribution in [3.63, 3.8) is 0 Å². The van der Waals surface area contributed by atoms with E-state index >= 15 is 0 Å². The highest BCUT2D eigenvalue weighted by atomic mass is 16.3. The maximum Gasteiger partial charge on any atom is 0.240 e. The summed E-state index contributed by atoms with van der Waals surface area (Å²) >= 11 is 0. The number of aromatic nitrogens is 2. The fourth-order valence-electron chi connectivity index (χ4n) is 2.51. The molecule has 2 aliphatic rings. The minimum Gasteiger partial charge on any atom is -0.395 e. The second kappa shape index (κ2) is 4.70. The predicted octanol–water partition coefficient (Wildman–Crippen LogP) is -0.593. The molecule has 1 aliphatic carbocycles. The average molecular weight is 250 g/mol. The lowest BCUT2D eigenvalue weighted by Gasteiger charge is -2.29. The van der Waals surface area contributed by atoms with Crippen molar-refractivity contribution in [1.82, 2.24) is 20.2 Å². The van der Waals surface area contributed by atoms with Crippen LogP contribution in [0.4, 0.5) is 0 Å². The largest absolute Gasteiger partial charge is 0.395 e. The molecular formula is C12H18N4O2. The van der Waals surface area contributed by atoms with Crippen LogP contribution in [-0.4, -0.2) is 51.1 Å². The standard InChI is InChI=1S/C12H18N4O2/c17-4-3-16(8-1-2-8)12(18)10-5-9-11(6-13-10)15-7-14-9/h7-8,10,13,17H,1-6H2,(H,14,15). The molecule has 0 spiro atoms. The van der Waals surface area contributed by atoms with Gasteiger partial charge in [0, 0.05) is 25.6 Å². The van der Waals surface area contributed by atoms with Crippen LogP contribution in [0.5, 0.6) is 0 Å². The number of carbonyl (C=O) groups excluding carboxylic acids is 1. The van der Waals surface area contributed by atoms with E-state index in [2.05, 4.69) is 15.3 Å². The summed E-state index contributed by atoms with van der Waals surface area (Å²) in [7, 11) is 0. The highest BCUT2D eigenvalue weighted by Crippen LogP contribution is 2.27. The van der Waals surface area contributed by atoms with E-state index in [0.717, 1.165) is 24.2 Å². The zero-order valence-corrected chi connectivity index (χ0v) is 10.2. The van der Waals surface area contributed by atoms with Gasteiger partial charge in [-0.25, -0.2) is 4.98 Å². The third kappa shape index (κ3) is 2.13. The van der Waals surface area contributed by atoms with Crippen LogP contribution in [0.25, 0.3) is 0 Å². The maximum absolute atomic E-state index is 12.4. The van der Waals surface area contributed by atoms with Crippen molar-refractivity contribution in [2.24, 2.45) is 0 Å². The normalized spacial score (nSPS) is 22.6. The van der Waals surface area contributed by atoms with E-state index in [4.69, 9.17) is 5.11 Å². The van der Waals surface area contributed by atoms with Gasteiger partial charge in [-0.1, -0.05) is 0 Å². The van der Waals surface area contributed by atoms with Crippen LogP contribution in [0.3, 0.4) is 0 Å². The number of hydrogen-bond acceptors (Lipinski definition) is 4. The van der Waals surface area contributed by atoms with Gasteiger partial charge in [-0.05, 0) is 12.8 Å². The molecule has 6 heteroatoms. The quantitative estimate of drug-likeness (QED) is 0.667. The Hall–Kier alpha value is -1.40. The molecule has 0 saturated heterocycles. The number of aliphatic hydroxyl groups excluding tert-OH is 1. The van der Waals surface area contributed by atoms with E-state index in [9.17, 15) is 4.79 Å².